The smallest absolute Gasteiger partial charge is 0.243 e. The molecular weight excluding hydrogens is 346 g/mol. The number of hydrogen-bond acceptors (Lipinski definition) is 4. The first kappa shape index (κ1) is 18.9. The molecule has 1 aliphatic rings. The third kappa shape index (κ3) is 3.91. The number of aromatic nitrogens is 1. The summed E-state index contributed by atoms with van der Waals surface area (Å²) >= 11 is 0. The molecule has 0 saturated carbocycles. The van der Waals surface area contributed by atoms with Crippen LogP contribution in [0.4, 0.5) is 5.82 Å². The number of aryl methyl sites for hydroxylation is 1. The largest absolute Gasteiger partial charge is 0.370 e. The van der Waals surface area contributed by atoms with Crippen LogP contribution in [-0.4, -0.2) is 30.8 Å². The zero-order valence-electron chi connectivity index (χ0n) is 15.5. The minimum absolute atomic E-state index is 0.178. The molecule has 140 valence electrons. The predicted octanol–water partition coefficient (Wildman–Crippen LogP) is 4.13. The lowest BCUT2D eigenvalue weighted by atomic mass is 9.98. The van der Waals surface area contributed by atoms with Gasteiger partial charge in [-0.3, -0.25) is 0 Å². The van der Waals surface area contributed by atoms with Gasteiger partial charge in [0.15, 0.2) is 0 Å². The van der Waals surface area contributed by atoms with E-state index in [1.807, 2.05) is 31.2 Å². The molecule has 0 bridgehead atoms. The number of pyridine rings is 1. The van der Waals surface area contributed by atoms with Crippen molar-refractivity contribution in [3.05, 3.63) is 53.7 Å². The first-order valence-corrected chi connectivity index (χ1v) is 10.8. The van der Waals surface area contributed by atoms with Crippen LogP contribution in [0.5, 0.6) is 0 Å². The number of nitrogens with zero attached hydrogens (tertiary/aromatic N) is 2. The SMILES string of the molecule is CCCNc1ncccc1[C@H]1CCCCN1S(=O)(=O)c1ccc(C)cc1. The highest BCUT2D eigenvalue weighted by molar-refractivity contribution is 7.89. The summed E-state index contributed by atoms with van der Waals surface area (Å²) in [5.74, 6) is 0.797. The molecule has 0 unspecified atom stereocenters. The fraction of sp³-hybridized carbons (Fsp3) is 0.450. The van der Waals surface area contributed by atoms with Gasteiger partial charge in [-0.25, -0.2) is 13.4 Å². The Bertz CT molecular complexity index is 834. The van der Waals surface area contributed by atoms with Crippen molar-refractivity contribution in [1.82, 2.24) is 9.29 Å². The Hall–Kier alpha value is -1.92. The second-order valence-corrected chi connectivity index (χ2v) is 8.70. The van der Waals surface area contributed by atoms with Gasteiger partial charge in [-0.1, -0.05) is 37.1 Å². The first-order chi connectivity index (χ1) is 12.5. The molecule has 0 aliphatic carbocycles. The van der Waals surface area contributed by atoms with Gasteiger partial charge in [0, 0.05) is 24.8 Å². The Morgan fingerprint density at radius 3 is 2.69 bits per heavy atom. The van der Waals surface area contributed by atoms with Gasteiger partial charge < -0.3 is 5.32 Å². The van der Waals surface area contributed by atoms with Crippen LogP contribution in [0.15, 0.2) is 47.5 Å². The monoisotopic (exact) mass is 373 g/mol. The number of rotatable bonds is 6. The Morgan fingerprint density at radius 1 is 1.19 bits per heavy atom. The van der Waals surface area contributed by atoms with Crippen molar-refractivity contribution in [3.8, 4) is 0 Å². The van der Waals surface area contributed by atoms with E-state index in [4.69, 9.17) is 0 Å². The van der Waals surface area contributed by atoms with Crippen LogP contribution in [0.1, 0.15) is 49.8 Å². The molecule has 1 N–H and O–H groups in total. The van der Waals surface area contributed by atoms with Crippen LogP contribution in [-0.2, 0) is 10.0 Å². The second-order valence-electron chi connectivity index (χ2n) is 6.81. The van der Waals surface area contributed by atoms with Crippen LogP contribution in [0, 0.1) is 6.92 Å². The number of piperidine rings is 1. The van der Waals surface area contributed by atoms with Crippen molar-refractivity contribution in [1.29, 1.82) is 0 Å². The maximum Gasteiger partial charge on any atom is 0.243 e. The minimum atomic E-state index is -3.54. The van der Waals surface area contributed by atoms with E-state index in [0.717, 1.165) is 49.2 Å². The molecule has 2 heterocycles. The highest BCUT2D eigenvalue weighted by atomic mass is 32.2. The first-order valence-electron chi connectivity index (χ1n) is 9.31. The predicted molar refractivity (Wildman–Crippen MR) is 105 cm³/mol. The third-order valence-corrected chi connectivity index (χ3v) is 6.74. The van der Waals surface area contributed by atoms with Crippen molar-refractivity contribution < 1.29 is 8.42 Å². The molecule has 1 fully saturated rings. The van der Waals surface area contributed by atoms with Crippen LogP contribution >= 0.6 is 0 Å². The zero-order chi connectivity index (χ0) is 18.6. The lowest BCUT2D eigenvalue weighted by Gasteiger charge is -2.35. The molecule has 2 aromatic rings. The van der Waals surface area contributed by atoms with Gasteiger partial charge >= 0.3 is 0 Å². The molecule has 1 aliphatic heterocycles. The van der Waals surface area contributed by atoms with E-state index in [1.54, 1.807) is 22.6 Å². The molecule has 0 amide bonds. The van der Waals surface area contributed by atoms with Gasteiger partial charge in [0.1, 0.15) is 5.82 Å². The summed E-state index contributed by atoms with van der Waals surface area (Å²) in [5, 5.41) is 3.35. The molecule has 3 rings (SSSR count). The van der Waals surface area contributed by atoms with Crippen LogP contribution < -0.4 is 5.32 Å². The standard InChI is InChI=1S/C20H27N3O2S/c1-3-13-21-20-18(7-6-14-22-20)19-8-4-5-15-23(19)26(24,25)17-11-9-16(2)10-12-17/h6-7,9-12,14,19H,3-5,8,13,15H2,1-2H3,(H,21,22)/t19-/m1/s1. The summed E-state index contributed by atoms with van der Waals surface area (Å²) in [7, 11) is -3.54. The van der Waals surface area contributed by atoms with Crippen molar-refractivity contribution >= 4 is 15.8 Å². The van der Waals surface area contributed by atoms with Crippen molar-refractivity contribution in [2.45, 2.75) is 50.5 Å². The van der Waals surface area contributed by atoms with Crippen LogP contribution in [0.25, 0.3) is 0 Å². The normalized spacial score (nSPS) is 18.6. The fourth-order valence-electron chi connectivity index (χ4n) is 3.43. The summed E-state index contributed by atoms with van der Waals surface area (Å²) in [6.07, 6.45) is 5.47. The summed E-state index contributed by atoms with van der Waals surface area (Å²) in [6, 6.07) is 10.8. The van der Waals surface area contributed by atoms with E-state index in [-0.39, 0.29) is 6.04 Å². The van der Waals surface area contributed by atoms with Gasteiger partial charge in [-0.2, -0.15) is 4.31 Å². The number of sulfonamides is 1. The summed E-state index contributed by atoms with van der Waals surface area (Å²) in [4.78, 5) is 4.82. The summed E-state index contributed by atoms with van der Waals surface area (Å²) in [6.45, 7) is 5.43. The van der Waals surface area contributed by atoms with Gasteiger partial charge in [-0.15, -0.1) is 0 Å². The average molecular weight is 374 g/mol. The van der Waals surface area contributed by atoms with Gasteiger partial charge in [-0.05, 0) is 44.4 Å². The molecule has 1 aromatic carbocycles. The Kier molecular flexibility index (Phi) is 5.94. The van der Waals surface area contributed by atoms with Crippen LogP contribution in [0.3, 0.4) is 0 Å². The third-order valence-electron chi connectivity index (χ3n) is 4.82. The maximum absolute atomic E-state index is 13.3. The molecule has 1 saturated heterocycles. The number of hydrogen-bond donors (Lipinski definition) is 1. The highest BCUT2D eigenvalue weighted by Crippen LogP contribution is 2.37. The fourth-order valence-corrected chi connectivity index (χ4v) is 5.10. The second kappa shape index (κ2) is 8.18. The molecule has 0 radical (unpaired) electrons. The van der Waals surface area contributed by atoms with E-state index in [2.05, 4.69) is 17.2 Å². The lowest BCUT2D eigenvalue weighted by molar-refractivity contribution is 0.256. The zero-order valence-corrected chi connectivity index (χ0v) is 16.3. The molecule has 0 spiro atoms. The lowest BCUT2D eigenvalue weighted by Crippen LogP contribution is -2.38. The number of anilines is 1. The molecular formula is C20H27N3O2S. The van der Waals surface area contributed by atoms with E-state index in [1.165, 1.54) is 0 Å². The van der Waals surface area contributed by atoms with E-state index in [9.17, 15) is 8.42 Å². The number of nitrogens with one attached hydrogen (secondary N) is 1. The molecule has 26 heavy (non-hydrogen) atoms. The Morgan fingerprint density at radius 2 is 1.96 bits per heavy atom. The average Bonchev–Trinajstić information content (AvgIpc) is 2.67. The van der Waals surface area contributed by atoms with E-state index < -0.39 is 10.0 Å². The molecule has 1 aromatic heterocycles. The molecule has 1 atom stereocenters. The summed E-state index contributed by atoms with van der Waals surface area (Å²) in [5.41, 5.74) is 2.02. The van der Waals surface area contributed by atoms with Crippen molar-refractivity contribution in [3.63, 3.8) is 0 Å². The number of benzene rings is 1. The van der Waals surface area contributed by atoms with Gasteiger partial charge in [0.25, 0.3) is 0 Å². The highest BCUT2D eigenvalue weighted by Gasteiger charge is 2.35. The topological polar surface area (TPSA) is 62.3 Å². The summed E-state index contributed by atoms with van der Waals surface area (Å²) < 4.78 is 28.2. The molecule has 5 nitrogen and oxygen atoms in total. The van der Waals surface area contributed by atoms with Crippen molar-refractivity contribution in [2.24, 2.45) is 0 Å². The quantitative estimate of drug-likeness (QED) is 0.827. The maximum atomic E-state index is 13.3. The van der Waals surface area contributed by atoms with E-state index in [0.29, 0.717) is 11.4 Å². The van der Waals surface area contributed by atoms with Gasteiger partial charge in [0.2, 0.25) is 10.0 Å². The van der Waals surface area contributed by atoms with E-state index >= 15 is 0 Å². The van der Waals surface area contributed by atoms with Crippen LogP contribution in [0.2, 0.25) is 0 Å². The van der Waals surface area contributed by atoms with Crippen molar-refractivity contribution in [2.75, 3.05) is 18.4 Å². The minimum Gasteiger partial charge on any atom is -0.370 e. The Labute approximate surface area is 156 Å². The molecule has 6 heteroatoms. The Balaban J connectivity index is 1.97. The van der Waals surface area contributed by atoms with Gasteiger partial charge in [0.05, 0.1) is 10.9 Å².